The lowest BCUT2D eigenvalue weighted by Crippen LogP contribution is -2.35. The third kappa shape index (κ3) is 2.95. The Morgan fingerprint density at radius 3 is 2.95 bits per heavy atom. The molecule has 0 aliphatic carbocycles. The van der Waals surface area contributed by atoms with Crippen LogP contribution in [0, 0.1) is 0 Å². The first-order valence-electron chi connectivity index (χ1n) is 7.86. The Hall–Kier alpha value is -1.81. The Labute approximate surface area is 125 Å². The van der Waals surface area contributed by atoms with Crippen LogP contribution >= 0.6 is 0 Å². The molecule has 0 saturated heterocycles. The van der Waals surface area contributed by atoms with Crippen LogP contribution < -0.4 is 5.73 Å². The SMILES string of the molecule is NCCCCCC(=O)N1CCc2[nH]c3ccccc3c2C1. The van der Waals surface area contributed by atoms with Crippen LogP contribution in [0.25, 0.3) is 10.9 Å². The maximum atomic E-state index is 12.3. The highest BCUT2D eigenvalue weighted by Gasteiger charge is 2.23. The van der Waals surface area contributed by atoms with Crippen molar-refractivity contribution in [3.05, 3.63) is 35.5 Å². The Morgan fingerprint density at radius 1 is 1.24 bits per heavy atom. The smallest absolute Gasteiger partial charge is 0.222 e. The number of aromatic amines is 1. The molecule has 1 aliphatic heterocycles. The average Bonchev–Trinajstić information content (AvgIpc) is 2.89. The summed E-state index contributed by atoms with van der Waals surface area (Å²) in [5.74, 6) is 0.281. The number of fused-ring (bicyclic) bond motifs is 3. The fraction of sp³-hybridized carbons (Fsp3) is 0.471. The summed E-state index contributed by atoms with van der Waals surface area (Å²) in [4.78, 5) is 17.8. The number of carbonyl (C=O) groups excluding carboxylic acids is 1. The van der Waals surface area contributed by atoms with E-state index in [1.165, 1.54) is 22.2 Å². The van der Waals surface area contributed by atoms with Gasteiger partial charge in [0.2, 0.25) is 5.91 Å². The number of rotatable bonds is 5. The highest BCUT2D eigenvalue weighted by Crippen LogP contribution is 2.27. The minimum atomic E-state index is 0.281. The molecule has 3 rings (SSSR count). The second kappa shape index (κ2) is 6.31. The summed E-state index contributed by atoms with van der Waals surface area (Å²) < 4.78 is 0. The molecule has 0 radical (unpaired) electrons. The number of amides is 1. The van der Waals surface area contributed by atoms with Crippen LogP contribution in [0.3, 0.4) is 0 Å². The third-order valence-corrected chi connectivity index (χ3v) is 4.33. The van der Waals surface area contributed by atoms with E-state index in [4.69, 9.17) is 5.73 Å². The van der Waals surface area contributed by atoms with E-state index in [1.807, 2.05) is 11.0 Å². The molecule has 1 amide bonds. The number of H-pyrrole nitrogens is 1. The van der Waals surface area contributed by atoms with Gasteiger partial charge in [-0.15, -0.1) is 0 Å². The van der Waals surface area contributed by atoms with Crippen molar-refractivity contribution in [3.8, 4) is 0 Å². The number of para-hydroxylation sites is 1. The van der Waals surface area contributed by atoms with Crippen LogP contribution in [0.5, 0.6) is 0 Å². The zero-order chi connectivity index (χ0) is 14.7. The first-order valence-corrected chi connectivity index (χ1v) is 7.86. The zero-order valence-corrected chi connectivity index (χ0v) is 12.4. The standard InChI is InChI=1S/C17H23N3O/c18-10-5-1-2-8-17(21)20-11-9-16-14(12-20)13-6-3-4-7-15(13)19-16/h3-4,6-7,19H,1-2,5,8-12,18H2. The normalized spacial score (nSPS) is 14.4. The fourth-order valence-electron chi connectivity index (χ4n) is 3.13. The predicted molar refractivity (Wildman–Crippen MR) is 84.9 cm³/mol. The van der Waals surface area contributed by atoms with Crippen LogP contribution in [0.2, 0.25) is 0 Å². The van der Waals surface area contributed by atoms with Gasteiger partial charge in [0.05, 0.1) is 0 Å². The maximum Gasteiger partial charge on any atom is 0.222 e. The van der Waals surface area contributed by atoms with Gasteiger partial charge in [0.1, 0.15) is 0 Å². The van der Waals surface area contributed by atoms with Gasteiger partial charge < -0.3 is 15.6 Å². The molecule has 0 atom stereocenters. The first kappa shape index (κ1) is 14.1. The summed E-state index contributed by atoms with van der Waals surface area (Å²) in [5.41, 5.74) is 9.26. The van der Waals surface area contributed by atoms with E-state index in [2.05, 4.69) is 23.2 Å². The summed E-state index contributed by atoms with van der Waals surface area (Å²) in [6.45, 7) is 2.29. The summed E-state index contributed by atoms with van der Waals surface area (Å²) >= 11 is 0. The minimum Gasteiger partial charge on any atom is -0.358 e. The van der Waals surface area contributed by atoms with Crippen molar-refractivity contribution in [3.63, 3.8) is 0 Å². The van der Waals surface area contributed by atoms with Crippen molar-refractivity contribution in [1.82, 2.24) is 9.88 Å². The van der Waals surface area contributed by atoms with Gasteiger partial charge in [-0.1, -0.05) is 24.6 Å². The van der Waals surface area contributed by atoms with Gasteiger partial charge in [-0.2, -0.15) is 0 Å². The Morgan fingerprint density at radius 2 is 2.10 bits per heavy atom. The summed E-state index contributed by atoms with van der Waals surface area (Å²) in [6.07, 6.45) is 4.60. The van der Waals surface area contributed by atoms with Crippen LogP contribution in [0.15, 0.2) is 24.3 Å². The van der Waals surface area contributed by atoms with Crippen LogP contribution in [-0.2, 0) is 17.8 Å². The number of carbonyl (C=O) groups is 1. The van der Waals surface area contributed by atoms with E-state index < -0.39 is 0 Å². The lowest BCUT2D eigenvalue weighted by Gasteiger charge is -2.27. The van der Waals surface area contributed by atoms with Gasteiger partial charge in [0.15, 0.2) is 0 Å². The minimum absolute atomic E-state index is 0.281. The van der Waals surface area contributed by atoms with E-state index in [-0.39, 0.29) is 5.91 Å². The summed E-state index contributed by atoms with van der Waals surface area (Å²) in [6, 6.07) is 8.35. The Kier molecular flexibility index (Phi) is 4.25. The molecule has 112 valence electrons. The van der Waals surface area contributed by atoms with Crippen molar-refractivity contribution in [1.29, 1.82) is 0 Å². The van der Waals surface area contributed by atoms with E-state index in [9.17, 15) is 4.79 Å². The molecule has 2 aromatic rings. The second-order valence-electron chi connectivity index (χ2n) is 5.79. The van der Waals surface area contributed by atoms with Crippen LogP contribution in [0.4, 0.5) is 0 Å². The van der Waals surface area contributed by atoms with Gasteiger partial charge in [-0.25, -0.2) is 0 Å². The molecular formula is C17H23N3O. The molecular weight excluding hydrogens is 262 g/mol. The fourth-order valence-corrected chi connectivity index (χ4v) is 3.13. The van der Waals surface area contributed by atoms with Gasteiger partial charge in [-0.05, 0) is 25.5 Å². The number of nitrogens with zero attached hydrogens (tertiary/aromatic N) is 1. The molecule has 0 saturated carbocycles. The molecule has 2 heterocycles. The van der Waals surface area contributed by atoms with Gasteiger partial charge in [0.25, 0.3) is 0 Å². The molecule has 1 aliphatic rings. The number of unbranched alkanes of at least 4 members (excludes halogenated alkanes) is 2. The molecule has 4 heteroatoms. The zero-order valence-electron chi connectivity index (χ0n) is 12.4. The molecule has 0 fully saturated rings. The Balaban J connectivity index is 1.67. The van der Waals surface area contributed by atoms with Crippen LogP contribution in [-0.4, -0.2) is 28.9 Å². The number of nitrogens with two attached hydrogens (primary N) is 1. The van der Waals surface area contributed by atoms with Crippen LogP contribution in [0.1, 0.15) is 36.9 Å². The third-order valence-electron chi connectivity index (χ3n) is 4.33. The number of benzene rings is 1. The monoisotopic (exact) mass is 285 g/mol. The van der Waals surface area contributed by atoms with Crippen molar-refractivity contribution in [2.24, 2.45) is 5.73 Å². The highest BCUT2D eigenvalue weighted by molar-refractivity contribution is 5.86. The van der Waals surface area contributed by atoms with E-state index in [0.29, 0.717) is 6.42 Å². The molecule has 1 aromatic heterocycles. The van der Waals surface area contributed by atoms with Gasteiger partial charge in [0, 0.05) is 48.1 Å². The van der Waals surface area contributed by atoms with Crippen molar-refractivity contribution in [2.75, 3.05) is 13.1 Å². The number of hydrogen-bond donors (Lipinski definition) is 2. The second-order valence-corrected chi connectivity index (χ2v) is 5.79. The molecule has 4 nitrogen and oxygen atoms in total. The number of hydrogen-bond acceptors (Lipinski definition) is 2. The van der Waals surface area contributed by atoms with Crippen molar-refractivity contribution in [2.45, 2.75) is 38.6 Å². The van der Waals surface area contributed by atoms with Crippen molar-refractivity contribution >= 4 is 16.8 Å². The number of nitrogens with one attached hydrogen (secondary N) is 1. The highest BCUT2D eigenvalue weighted by atomic mass is 16.2. The summed E-state index contributed by atoms with van der Waals surface area (Å²) in [5, 5.41) is 1.26. The largest absolute Gasteiger partial charge is 0.358 e. The topological polar surface area (TPSA) is 62.1 Å². The quantitative estimate of drug-likeness (QED) is 0.829. The average molecular weight is 285 g/mol. The Bertz CT molecular complexity index is 632. The molecule has 21 heavy (non-hydrogen) atoms. The van der Waals surface area contributed by atoms with Crippen molar-refractivity contribution < 1.29 is 4.79 Å². The lowest BCUT2D eigenvalue weighted by atomic mass is 10.0. The molecule has 3 N–H and O–H groups in total. The predicted octanol–water partition coefficient (Wildman–Crippen LogP) is 2.57. The number of aromatic nitrogens is 1. The maximum absolute atomic E-state index is 12.3. The lowest BCUT2D eigenvalue weighted by molar-refractivity contribution is -0.132. The van der Waals surface area contributed by atoms with Gasteiger partial charge in [-0.3, -0.25) is 4.79 Å². The first-order chi connectivity index (χ1) is 10.3. The summed E-state index contributed by atoms with van der Waals surface area (Å²) in [7, 11) is 0. The van der Waals surface area contributed by atoms with E-state index >= 15 is 0 Å². The molecule has 0 spiro atoms. The molecule has 1 aromatic carbocycles. The van der Waals surface area contributed by atoms with E-state index in [1.54, 1.807) is 0 Å². The molecule has 0 unspecified atom stereocenters. The van der Waals surface area contributed by atoms with Gasteiger partial charge >= 0.3 is 0 Å². The molecule has 0 bridgehead atoms. The van der Waals surface area contributed by atoms with E-state index in [0.717, 1.165) is 45.3 Å².